The number of hydrogen-bond donors (Lipinski definition) is 2. The minimum atomic E-state index is 0.788. The molecule has 1 aromatic carbocycles. The molecule has 0 amide bonds. The van der Waals surface area contributed by atoms with Gasteiger partial charge in [0.25, 0.3) is 0 Å². The molecule has 3 rings (SSSR count). The van der Waals surface area contributed by atoms with Crippen LogP contribution in [-0.4, -0.2) is 44.5 Å². The van der Waals surface area contributed by atoms with E-state index in [-0.39, 0.29) is 0 Å². The third kappa shape index (κ3) is 2.68. The summed E-state index contributed by atoms with van der Waals surface area (Å²) in [7, 11) is 0. The topological polar surface area (TPSA) is 45.8 Å². The Morgan fingerprint density at radius 2 is 2.06 bits per heavy atom. The average molecular weight is 249 g/mol. The fraction of sp³-hybridized carbons (Fsp3) is 0.538. The Bertz CT molecular complexity index is 405. The van der Waals surface area contributed by atoms with Crippen LogP contribution < -0.4 is 15.5 Å². The van der Waals surface area contributed by atoms with Crippen molar-refractivity contribution in [3.05, 3.63) is 18.2 Å². The standard InChI is InChI=1S/C13H19N3O2/c1-4-14-12-10-11(2-3-13(12)18-7-1)15-16-5-8-17-9-6-16/h2-3,10,14-15H,1,4-9H2. The maximum atomic E-state index is 5.67. The van der Waals surface area contributed by atoms with Crippen LogP contribution in [0.3, 0.4) is 0 Å². The second-order valence-corrected chi connectivity index (χ2v) is 4.55. The first kappa shape index (κ1) is 11.6. The molecule has 2 N–H and O–H groups in total. The lowest BCUT2D eigenvalue weighted by molar-refractivity contribution is 0.0497. The smallest absolute Gasteiger partial charge is 0.142 e. The molecule has 0 aromatic heterocycles. The largest absolute Gasteiger partial charge is 0.491 e. The summed E-state index contributed by atoms with van der Waals surface area (Å²) in [5.74, 6) is 0.944. The molecular weight excluding hydrogens is 230 g/mol. The molecule has 1 fully saturated rings. The van der Waals surface area contributed by atoms with Gasteiger partial charge in [-0.05, 0) is 24.6 Å². The molecule has 0 aliphatic carbocycles. The van der Waals surface area contributed by atoms with E-state index in [1.165, 1.54) is 0 Å². The molecule has 0 saturated carbocycles. The highest BCUT2D eigenvalue weighted by Crippen LogP contribution is 2.29. The SMILES string of the molecule is c1cc2c(cc1NN1CCOCC1)NCCCO2. The van der Waals surface area contributed by atoms with Gasteiger partial charge in [0.15, 0.2) is 0 Å². The Hall–Kier alpha value is -1.46. The zero-order valence-electron chi connectivity index (χ0n) is 10.4. The quantitative estimate of drug-likeness (QED) is 0.832. The molecule has 2 heterocycles. The summed E-state index contributed by atoms with van der Waals surface area (Å²) < 4.78 is 11.0. The van der Waals surface area contributed by atoms with Crippen LogP contribution in [0.15, 0.2) is 18.2 Å². The van der Waals surface area contributed by atoms with E-state index in [9.17, 15) is 0 Å². The predicted octanol–water partition coefficient (Wildman–Crippen LogP) is 1.54. The molecule has 18 heavy (non-hydrogen) atoms. The van der Waals surface area contributed by atoms with E-state index in [4.69, 9.17) is 9.47 Å². The monoisotopic (exact) mass is 249 g/mol. The second kappa shape index (κ2) is 5.46. The van der Waals surface area contributed by atoms with Gasteiger partial charge >= 0.3 is 0 Å². The fourth-order valence-electron chi connectivity index (χ4n) is 2.20. The summed E-state index contributed by atoms with van der Waals surface area (Å²) in [6.45, 7) is 5.17. The van der Waals surface area contributed by atoms with Crippen molar-refractivity contribution in [2.24, 2.45) is 0 Å². The van der Waals surface area contributed by atoms with E-state index in [1.54, 1.807) is 0 Å². The highest BCUT2D eigenvalue weighted by molar-refractivity contribution is 5.65. The van der Waals surface area contributed by atoms with Crippen molar-refractivity contribution in [1.29, 1.82) is 0 Å². The first-order valence-electron chi connectivity index (χ1n) is 6.52. The van der Waals surface area contributed by atoms with Crippen molar-refractivity contribution in [3.8, 4) is 5.75 Å². The molecular formula is C13H19N3O2. The van der Waals surface area contributed by atoms with Crippen LogP contribution in [0.1, 0.15) is 6.42 Å². The number of ether oxygens (including phenoxy) is 2. The van der Waals surface area contributed by atoms with E-state index < -0.39 is 0 Å². The van der Waals surface area contributed by atoms with Crippen LogP contribution in [0.25, 0.3) is 0 Å². The third-order valence-corrected chi connectivity index (χ3v) is 3.17. The number of fused-ring (bicyclic) bond motifs is 1. The molecule has 1 aromatic rings. The van der Waals surface area contributed by atoms with Gasteiger partial charge in [-0.2, -0.15) is 0 Å². The summed E-state index contributed by atoms with van der Waals surface area (Å²) in [6.07, 6.45) is 1.04. The van der Waals surface area contributed by atoms with E-state index in [2.05, 4.69) is 27.9 Å². The van der Waals surface area contributed by atoms with Gasteiger partial charge in [0.1, 0.15) is 5.75 Å². The maximum Gasteiger partial charge on any atom is 0.142 e. The van der Waals surface area contributed by atoms with E-state index in [0.717, 1.165) is 63.0 Å². The Morgan fingerprint density at radius 3 is 2.94 bits per heavy atom. The molecule has 2 aliphatic rings. The Labute approximate surface area is 107 Å². The molecule has 0 atom stereocenters. The molecule has 98 valence electrons. The summed E-state index contributed by atoms with van der Waals surface area (Å²) in [5, 5.41) is 5.58. The summed E-state index contributed by atoms with van der Waals surface area (Å²) in [6, 6.07) is 6.19. The number of rotatable bonds is 2. The lowest BCUT2D eigenvalue weighted by Crippen LogP contribution is -2.40. The van der Waals surface area contributed by atoms with Crippen molar-refractivity contribution in [2.45, 2.75) is 6.42 Å². The van der Waals surface area contributed by atoms with Gasteiger partial charge in [0, 0.05) is 19.6 Å². The minimum absolute atomic E-state index is 0.788. The van der Waals surface area contributed by atoms with Crippen molar-refractivity contribution >= 4 is 11.4 Å². The van der Waals surface area contributed by atoms with E-state index in [0.29, 0.717) is 0 Å². The number of hydrazine groups is 1. The van der Waals surface area contributed by atoms with Gasteiger partial charge in [-0.15, -0.1) is 0 Å². The van der Waals surface area contributed by atoms with E-state index in [1.807, 2.05) is 6.07 Å². The number of hydrogen-bond acceptors (Lipinski definition) is 5. The predicted molar refractivity (Wildman–Crippen MR) is 71.1 cm³/mol. The van der Waals surface area contributed by atoms with Gasteiger partial charge in [0.2, 0.25) is 0 Å². The molecule has 0 unspecified atom stereocenters. The van der Waals surface area contributed by atoms with Crippen LogP contribution in [0.4, 0.5) is 11.4 Å². The van der Waals surface area contributed by atoms with Crippen molar-refractivity contribution < 1.29 is 9.47 Å². The molecule has 0 radical (unpaired) electrons. The number of morpholine rings is 1. The second-order valence-electron chi connectivity index (χ2n) is 4.55. The zero-order chi connectivity index (χ0) is 12.2. The van der Waals surface area contributed by atoms with Crippen molar-refractivity contribution in [1.82, 2.24) is 5.01 Å². The molecule has 1 saturated heterocycles. The van der Waals surface area contributed by atoms with Gasteiger partial charge in [-0.1, -0.05) is 0 Å². The van der Waals surface area contributed by atoms with Crippen molar-refractivity contribution in [3.63, 3.8) is 0 Å². The van der Waals surface area contributed by atoms with E-state index >= 15 is 0 Å². The number of nitrogens with zero attached hydrogens (tertiary/aromatic N) is 1. The highest BCUT2D eigenvalue weighted by atomic mass is 16.5. The zero-order valence-corrected chi connectivity index (χ0v) is 10.4. The van der Waals surface area contributed by atoms with Crippen LogP contribution in [0, 0.1) is 0 Å². The number of benzene rings is 1. The highest BCUT2D eigenvalue weighted by Gasteiger charge is 2.12. The first-order valence-corrected chi connectivity index (χ1v) is 6.52. The Morgan fingerprint density at radius 1 is 1.17 bits per heavy atom. The Kier molecular flexibility index (Phi) is 3.52. The molecule has 2 aliphatic heterocycles. The minimum Gasteiger partial charge on any atom is -0.491 e. The number of nitrogens with one attached hydrogen (secondary N) is 2. The van der Waals surface area contributed by atoms with Crippen LogP contribution in [0.5, 0.6) is 5.75 Å². The first-order chi connectivity index (χ1) is 8.92. The average Bonchev–Trinajstić information content (AvgIpc) is 2.64. The molecule has 5 nitrogen and oxygen atoms in total. The number of anilines is 2. The van der Waals surface area contributed by atoms with Gasteiger partial charge in [-0.25, -0.2) is 5.01 Å². The van der Waals surface area contributed by atoms with Crippen LogP contribution in [0.2, 0.25) is 0 Å². The van der Waals surface area contributed by atoms with Crippen molar-refractivity contribution in [2.75, 3.05) is 50.2 Å². The summed E-state index contributed by atoms with van der Waals surface area (Å²) >= 11 is 0. The summed E-state index contributed by atoms with van der Waals surface area (Å²) in [5.41, 5.74) is 5.58. The maximum absolute atomic E-state index is 5.67. The molecule has 0 bridgehead atoms. The van der Waals surface area contributed by atoms with Gasteiger partial charge in [-0.3, -0.25) is 0 Å². The van der Waals surface area contributed by atoms with Crippen LogP contribution in [-0.2, 0) is 4.74 Å². The third-order valence-electron chi connectivity index (χ3n) is 3.17. The van der Waals surface area contributed by atoms with Crippen LogP contribution >= 0.6 is 0 Å². The molecule has 0 spiro atoms. The fourth-order valence-corrected chi connectivity index (χ4v) is 2.20. The lowest BCUT2D eigenvalue weighted by Gasteiger charge is -2.28. The normalized spacial score (nSPS) is 20.2. The summed E-state index contributed by atoms with van der Waals surface area (Å²) in [4.78, 5) is 0. The lowest BCUT2D eigenvalue weighted by atomic mass is 10.2. The Balaban J connectivity index is 1.70. The van der Waals surface area contributed by atoms with Gasteiger partial charge < -0.3 is 20.2 Å². The molecule has 5 heteroatoms. The van der Waals surface area contributed by atoms with Gasteiger partial charge in [0.05, 0.1) is 31.2 Å².